The van der Waals surface area contributed by atoms with E-state index >= 15 is 0 Å². The number of quaternary nitrogens is 1. The Labute approximate surface area is 142 Å². The first-order valence-electron chi connectivity index (χ1n) is 8.09. The molecule has 1 saturated heterocycles. The number of nitrogens with zero attached hydrogens (tertiary/aromatic N) is 1. The molecule has 1 aliphatic heterocycles. The van der Waals surface area contributed by atoms with E-state index in [2.05, 4.69) is 35.3 Å². The van der Waals surface area contributed by atoms with E-state index in [0.29, 0.717) is 11.1 Å². The van der Waals surface area contributed by atoms with Gasteiger partial charge in [0.25, 0.3) is 5.91 Å². The lowest BCUT2D eigenvalue weighted by Gasteiger charge is -2.27. The summed E-state index contributed by atoms with van der Waals surface area (Å²) in [7, 11) is 2.07. The number of nitrogens with one attached hydrogen (secondary N) is 2. The van der Waals surface area contributed by atoms with Crippen molar-refractivity contribution in [3.05, 3.63) is 53.3 Å². The fourth-order valence-corrected chi connectivity index (χ4v) is 3.64. The number of hydrogen-bond donors (Lipinski definition) is 2. The van der Waals surface area contributed by atoms with Gasteiger partial charge in [0.05, 0.1) is 12.2 Å². The molecule has 2 N–H and O–H groups in total. The zero-order valence-corrected chi connectivity index (χ0v) is 14.3. The maximum Gasteiger partial charge on any atom is 0.282 e. The predicted octanol–water partition coefficient (Wildman–Crippen LogP) is 2.43. The number of hydrogen-bond acceptors (Lipinski definition) is 1. The van der Waals surface area contributed by atoms with Crippen molar-refractivity contribution in [1.29, 1.82) is 0 Å². The maximum absolute atomic E-state index is 12.6. The van der Waals surface area contributed by atoms with Crippen LogP contribution in [-0.4, -0.2) is 23.1 Å². The summed E-state index contributed by atoms with van der Waals surface area (Å²) in [6.45, 7) is 3.05. The Morgan fingerprint density at radius 1 is 1.35 bits per heavy atom. The second kappa shape index (κ2) is 6.77. The van der Waals surface area contributed by atoms with E-state index in [9.17, 15) is 4.79 Å². The molecule has 2 aromatic rings. The van der Waals surface area contributed by atoms with Gasteiger partial charge in [-0.2, -0.15) is 0 Å². The van der Waals surface area contributed by atoms with E-state index in [1.54, 1.807) is 12.1 Å². The van der Waals surface area contributed by atoms with Gasteiger partial charge < -0.3 is 14.8 Å². The van der Waals surface area contributed by atoms with Gasteiger partial charge in [0, 0.05) is 36.8 Å². The molecule has 2 heterocycles. The number of benzene rings is 1. The van der Waals surface area contributed by atoms with Crippen LogP contribution >= 0.6 is 11.6 Å². The molecule has 1 amide bonds. The van der Waals surface area contributed by atoms with Gasteiger partial charge in [-0.25, -0.2) is 0 Å². The molecule has 3 atom stereocenters. The van der Waals surface area contributed by atoms with Crippen LogP contribution < -0.4 is 10.2 Å². The molecule has 1 fully saturated rings. The Morgan fingerprint density at radius 2 is 2.09 bits per heavy atom. The van der Waals surface area contributed by atoms with Crippen LogP contribution in [0.15, 0.2) is 42.6 Å². The number of carbonyl (C=O) groups excluding carboxylic acids is 1. The SMILES string of the molecule is C[C@H](C(=O)Nc1ccc(Cl)cc1)[NH+]1CCC[C@@H]1c1cccn1C. The Balaban J connectivity index is 1.71. The van der Waals surface area contributed by atoms with Gasteiger partial charge in [0.1, 0.15) is 6.04 Å². The number of amides is 1. The number of halogens is 1. The van der Waals surface area contributed by atoms with Gasteiger partial charge in [0.2, 0.25) is 0 Å². The minimum atomic E-state index is -0.0897. The Bertz CT molecular complexity index is 680. The Hall–Kier alpha value is -1.78. The highest BCUT2D eigenvalue weighted by Gasteiger charge is 2.38. The summed E-state index contributed by atoms with van der Waals surface area (Å²) < 4.78 is 2.17. The third-order valence-corrected chi connectivity index (χ3v) is 5.06. The van der Waals surface area contributed by atoms with Crippen molar-refractivity contribution in [2.75, 3.05) is 11.9 Å². The fraction of sp³-hybridized carbons (Fsp3) is 0.389. The molecule has 0 spiro atoms. The lowest BCUT2D eigenvalue weighted by Crippen LogP contribution is -3.15. The number of aryl methyl sites for hydroxylation is 1. The second-order valence-electron chi connectivity index (χ2n) is 6.28. The molecule has 5 heteroatoms. The third-order valence-electron chi connectivity index (χ3n) is 4.81. The van der Waals surface area contributed by atoms with Gasteiger partial charge >= 0.3 is 0 Å². The number of rotatable bonds is 4. The van der Waals surface area contributed by atoms with E-state index in [4.69, 9.17) is 11.6 Å². The van der Waals surface area contributed by atoms with Crippen LogP contribution in [0.5, 0.6) is 0 Å². The van der Waals surface area contributed by atoms with Crippen molar-refractivity contribution in [3.63, 3.8) is 0 Å². The summed E-state index contributed by atoms with van der Waals surface area (Å²) in [5.41, 5.74) is 2.10. The van der Waals surface area contributed by atoms with Crippen molar-refractivity contribution in [2.45, 2.75) is 31.8 Å². The summed E-state index contributed by atoms with van der Waals surface area (Å²) in [4.78, 5) is 14.0. The molecule has 23 heavy (non-hydrogen) atoms. The van der Waals surface area contributed by atoms with E-state index in [1.807, 2.05) is 19.1 Å². The van der Waals surface area contributed by atoms with E-state index < -0.39 is 0 Å². The van der Waals surface area contributed by atoms with Crippen LogP contribution in [0.2, 0.25) is 5.02 Å². The van der Waals surface area contributed by atoms with Gasteiger partial charge in [-0.15, -0.1) is 0 Å². The molecular weight excluding hydrogens is 310 g/mol. The van der Waals surface area contributed by atoms with Crippen LogP contribution in [0.3, 0.4) is 0 Å². The molecular formula is C18H23ClN3O+. The summed E-state index contributed by atoms with van der Waals surface area (Å²) >= 11 is 5.89. The van der Waals surface area contributed by atoms with Crippen molar-refractivity contribution in [1.82, 2.24) is 4.57 Å². The number of anilines is 1. The predicted molar refractivity (Wildman–Crippen MR) is 92.8 cm³/mol. The van der Waals surface area contributed by atoms with Crippen molar-refractivity contribution in [2.24, 2.45) is 7.05 Å². The van der Waals surface area contributed by atoms with Crippen LogP contribution in [0.4, 0.5) is 5.69 Å². The summed E-state index contributed by atoms with van der Waals surface area (Å²) in [6, 6.07) is 11.8. The smallest absolute Gasteiger partial charge is 0.282 e. The third kappa shape index (κ3) is 3.43. The Kier molecular flexibility index (Phi) is 4.74. The molecule has 1 aromatic carbocycles. The van der Waals surface area contributed by atoms with Crippen LogP contribution in [-0.2, 0) is 11.8 Å². The molecule has 0 radical (unpaired) electrons. The molecule has 122 valence electrons. The molecule has 3 rings (SSSR count). The van der Waals surface area contributed by atoms with Crippen LogP contribution in [0, 0.1) is 0 Å². The maximum atomic E-state index is 12.6. The quantitative estimate of drug-likeness (QED) is 0.886. The van der Waals surface area contributed by atoms with E-state index in [-0.39, 0.29) is 11.9 Å². The highest BCUT2D eigenvalue weighted by molar-refractivity contribution is 6.30. The lowest BCUT2D eigenvalue weighted by molar-refractivity contribution is -0.932. The highest BCUT2D eigenvalue weighted by Crippen LogP contribution is 2.20. The number of likely N-dealkylation sites (tertiary alicyclic amines) is 1. The minimum absolute atomic E-state index is 0.0587. The van der Waals surface area contributed by atoms with Crippen LogP contribution in [0.25, 0.3) is 0 Å². The van der Waals surface area contributed by atoms with Gasteiger partial charge in [-0.05, 0) is 43.3 Å². The standard InChI is InChI=1S/C18H22ClN3O/c1-13(18(23)20-15-9-7-14(19)8-10-15)22-12-4-6-17(22)16-5-3-11-21(16)2/h3,5,7-11,13,17H,4,6,12H2,1-2H3,(H,20,23)/p+1/t13-,17-/m1/s1. The molecule has 0 aliphatic carbocycles. The van der Waals surface area contributed by atoms with Crippen molar-refractivity contribution < 1.29 is 9.69 Å². The zero-order chi connectivity index (χ0) is 16.4. The normalized spacial score (nSPS) is 22.0. The number of carbonyl (C=O) groups is 1. The summed E-state index contributed by atoms with van der Waals surface area (Å²) in [5, 5.41) is 3.67. The zero-order valence-electron chi connectivity index (χ0n) is 13.6. The monoisotopic (exact) mass is 332 g/mol. The largest absolute Gasteiger partial charge is 0.350 e. The van der Waals surface area contributed by atoms with Crippen LogP contribution in [0.1, 0.15) is 31.5 Å². The van der Waals surface area contributed by atoms with Gasteiger partial charge in [0.15, 0.2) is 6.04 Å². The minimum Gasteiger partial charge on any atom is -0.350 e. The first kappa shape index (κ1) is 16.1. The fourth-order valence-electron chi connectivity index (χ4n) is 3.51. The van der Waals surface area contributed by atoms with Gasteiger partial charge in [-0.1, -0.05) is 11.6 Å². The molecule has 0 bridgehead atoms. The lowest BCUT2D eigenvalue weighted by atomic mass is 10.1. The number of aromatic nitrogens is 1. The average molecular weight is 333 g/mol. The average Bonchev–Trinajstić information content (AvgIpc) is 3.17. The van der Waals surface area contributed by atoms with E-state index in [0.717, 1.165) is 25.1 Å². The van der Waals surface area contributed by atoms with E-state index in [1.165, 1.54) is 10.6 Å². The molecule has 1 aromatic heterocycles. The molecule has 0 saturated carbocycles. The second-order valence-corrected chi connectivity index (χ2v) is 6.72. The first-order valence-corrected chi connectivity index (χ1v) is 8.47. The molecule has 4 nitrogen and oxygen atoms in total. The first-order chi connectivity index (χ1) is 11.1. The van der Waals surface area contributed by atoms with Gasteiger partial charge in [-0.3, -0.25) is 4.79 Å². The van der Waals surface area contributed by atoms with Crippen molar-refractivity contribution in [3.8, 4) is 0 Å². The summed E-state index contributed by atoms with van der Waals surface area (Å²) in [5.74, 6) is 0.0587. The Morgan fingerprint density at radius 3 is 2.74 bits per heavy atom. The van der Waals surface area contributed by atoms with Crippen molar-refractivity contribution >= 4 is 23.2 Å². The molecule has 1 aliphatic rings. The topological polar surface area (TPSA) is 38.5 Å². The highest BCUT2D eigenvalue weighted by atomic mass is 35.5. The summed E-state index contributed by atoms with van der Waals surface area (Å²) in [6.07, 6.45) is 4.36. The molecule has 1 unspecified atom stereocenters.